The normalized spacial score (nSPS) is 8.50. The molecule has 0 amide bonds. The van der Waals surface area contributed by atoms with Crippen LogP contribution in [0.2, 0.25) is 0 Å². The molecule has 0 fully saturated rings. The van der Waals surface area contributed by atoms with Gasteiger partial charge in [0.25, 0.3) is 0 Å². The van der Waals surface area contributed by atoms with E-state index in [0.29, 0.717) is 0 Å². The Balaban J connectivity index is 3.06. The van der Waals surface area contributed by atoms with E-state index in [9.17, 15) is 0 Å². The standard InChI is InChI=1S/C9H9N/c1-3-10-9-6-4-5-8(2)7-9/h4-7H,1H2,2H3. The number of aryl methyl sites for hydroxylation is 1. The van der Waals surface area contributed by atoms with Gasteiger partial charge in [-0.3, -0.25) is 0 Å². The van der Waals surface area contributed by atoms with Crippen LogP contribution in [0.3, 0.4) is 0 Å². The summed E-state index contributed by atoms with van der Waals surface area (Å²) in [4.78, 5) is 3.91. The lowest BCUT2D eigenvalue weighted by Gasteiger charge is -1.91. The topological polar surface area (TPSA) is 12.4 Å². The molecule has 10 heavy (non-hydrogen) atoms. The summed E-state index contributed by atoms with van der Waals surface area (Å²) in [7, 11) is 0. The lowest BCUT2D eigenvalue weighted by Crippen LogP contribution is -1.67. The van der Waals surface area contributed by atoms with Crippen LogP contribution in [0.1, 0.15) is 5.56 Å². The molecular formula is C9H9N. The summed E-state index contributed by atoms with van der Waals surface area (Å²) in [6.07, 6.45) is 0. The molecule has 0 radical (unpaired) electrons. The second-order valence-electron chi connectivity index (χ2n) is 2.11. The minimum atomic E-state index is 0.912. The number of hydrogen-bond donors (Lipinski definition) is 0. The van der Waals surface area contributed by atoms with Crippen LogP contribution in [0.4, 0.5) is 5.69 Å². The third-order valence-corrected chi connectivity index (χ3v) is 1.21. The average Bonchev–Trinajstić information content (AvgIpc) is 1.88. The Morgan fingerprint density at radius 2 is 2.30 bits per heavy atom. The van der Waals surface area contributed by atoms with E-state index in [2.05, 4.69) is 17.4 Å². The first kappa shape index (κ1) is 6.79. The van der Waals surface area contributed by atoms with Crippen LogP contribution in [0.25, 0.3) is 0 Å². The van der Waals surface area contributed by atoms with E-state index >= 15 is 0 Å². The van der Waals surface area contributed by atoms with Crippen molar-refractivity contribution >= 4 is 11.6 Å². The largest absolute Gasteiger partial charge is 0.207 e. The van der Waals surface area contributed by atoms with Gasteiger partial charge >= 0.3 is 0 Å². The van der Waals surface area contributed by atoms with E-state index in [1.165, 1.54) is 5.56 Å². The fourth-order valence-corrected chi connectivity index (χ4v) is 0.789. The molecule has 0 aliphatic heterocycles. The first-order chi connectivity index (χ1) is 4.83. The Morgan fingerprint density at radius 3 is 2.90 bits per heavy atom. The van der Waals surface area contributed by atoms with Gasteiger partial charge in [0.2, 0.25) is 0 Å². The molecule has 0 heterocycles. The van der Waals surface area contributed by atoms with Gasteiger partial charge < -0.3 is 0 Å². The molecule has 0 saturated carbocycles. The second-order valence-corrected chi connectivity index (χ2v) is 2.11. The van der Waals surface area contributed by atoms with E-state index in [1.807, 2.05) is 31.2 Å². The summed E-state index contributed by atoms with van der Waals surface area (Å²) in [6, 6.07) is 7.90. The van der Waals surface area contributed by atoms with Crippen molar-refractivity contribution < 1.29 is 0 Å². The molecule has 0 bridgehead atoms. The fraction of sp³-hybridized carbons (Fsp3) is 0.111. The van der Waals surface area contributed by atoms with Crippen LogP contribution in [0.15, 0.2) is 35.8 Å². The van der Waals surface area contributed by atoms with Gasteiger partial charge in [-0.1, -0.05) is 12.1 Å². The maximum absolute atomic E-state index is 3.91. The van der Waals surface area contributed by atoms with Gasteiger partial charge in [-0.25, -0.2) is 4.99 Å². The third kappa shape index (κ3) is 1.57. The van der Waals surface area contributed by atoms with E-state index in [-0.39, 0.29) is 0 Å². The minimum absolute atomic E-state index is 0.912. The highest BCUT2D eigenvalue weighted by atomic mass is 14.7. The van der Waals surface area contributed by atoms with Crippen LogP contribution in [-0.4, -0.2) is 5.87 Å². The first-order valence-electron chi connectivity index (χ1n) is 3.12. The molecule has 0 spiro atoms. The molecule has 0 atom stereocenters. The maximum atomic E-state index is 3.91. The SMILES string of the molecule is C=C=Nc1cccc(C)c1. The Hall–Kier alpha value is -1.33. The summed E-state index contributed by atoms with van der Waals surface area (Å²) in [5, 5.41) is 0. The quantitative estimate of drug-likeness (QED) is 0.519. The Labute approximate surface area is 60.7 Å². The molecule has 1 heteroatoms. The molecule has 0 unspecified atom stereocenters. The monoisotopic (exact) mass is 131 g/mol. The van der Waals surface area contributed by atoms with Crippen LogP contribution >= 0.6 is 0 Å². The highest BCUT2D eigenvalue weighted by Gasteiger charge is 1.85. The van der Waals surface area contributed by atoms with Crippen molar-refractivity contribution in [3.8, 4) is 0 Å². The highest BCUT2D eigenvalue weighted by Crippen LogP contribution is 2.11. The molecule has 0 aliphatic rings. The van der Waals surface area contributed by atoms with Gasteiger partial charge in [0.15, 0.2) is 0 Å². The summed E-state index contributed by atoms with van der Waals surface area (Å²) in [5.74, 6) is 2.49. The predicted molar refractivity (Wildman–Crippen MR) is 43.9 cm³/mol. The Kier molecular flexibility index (Phi) is 2.03. The van der Waals surface area contributed by atoms with Crippen molar-refractivity contribution in [1.82, 2.24) is 0 Å². The zero-order valence-corrected chi connectivity index (χ0v) is 5.96. The fourth-order valence-electron chi connectivity index (χ4n) is 0.789. The van der Waals surface area contributed by atoms with Gasteiger partial charge in [0, 0.05) is 0 Å². The van der Waals surface area contributed by atoms with Crippen LogP contribution < -0.4 is 0 Å². The second kappa shape index (κ2) is 3.00. The van der Waals surface area contributed by atoms with Gasteiger partial charge in [-0.05, 0) is 37.1 Å². The molecule has 0 aliphatic carbocycles. The van der Waals surface area contributed by atoms with Crippen molar-refractivity contribution in [3.63, 3.8) is 0 Å². The minimum Gasteiger partial charge on any atom is -0.207 e. The van der Waals surface area contributed by atoms with Crippen LogP contribution in [0, 0.1) is 6.92 Å². The molecule has 0 aromatic heterocycles. The lowest BCUT2D eigenvalue weighted by molar-refractivity contribution is 1.44. The van der Waals surface area contributed by atoms with Crippen molar-refractivity contribution in [3.05, 3.63) is 36.4 Å². The number of aliphatic imine (C=N–C) groups is 1. The van der Waals surface area contributed by atoms with Gasteiger partial charge in [-0.2, -0.15) is 0 Å². The van der Waals surface area contributed by atoms with E-state index < -0.39 is 0 Å². The molecule has 0 saturated heterocycles. The van der Waals surface area contributed by atoms with Crippen molar-refractivity contribution in [2.24, 2.45) is 4.99 Å². The lowest BCUT2D eigenvalue weighted by atomic mass is 10.2. The van der Waals surface area contributed by atoms with Crippen molar-refractivity contribution in [1.29, 1.82) is 0 Å². The van der Waals surface area contributed by atoms with Crippen molar-refractivity contribution in [2.75, 3.05) is 0 Å². The molecule has 0 N–H and O–H groups in total. The predicted octanol–water partition coefficient (Wildman–Crippen LogP) is 2.48. The summed E-state index contributed by atoms with van der Waals surface area (Å²) in [6.45, 7) is 5.42. The van der Waals surface area contributed by atoms with Crippen molar-refractivity contribution in [2.45, 2.75) is 6.92 Å². The van der Waals surface area contributed by atoms with Crippen LogP contribution in [-0.2, 0) is 0 Å². The molecule has 1 aromatic rings. The average molecular weight is 131 g/mol. The van der Waals surface area contributed by atoms with E-state index in [0.717, 1.165) is 5.69 Å². The zero-order chi connectivity index (χ0) is 7.40. The number of benzene rings is 1. The van der Waals surface area contributed by atoms with Gasteiger partial charge in [0.05, 0.1) is 5.69 Å². The third-order valence-electron chi connectivity index (χ3n) is 1.21. The number of hydrogen-bond acceptors (Lipinski definition) is 1. The van der Waals surface area contributed by atoms with E-state index in [1.54, 1.807) is 0 Å². The number of nitrogens with zero attached hydrogens (tertiary/aromatic N) is 1. The Morgan fingerprint density at radius 1 is 1.50 bits per heavy atom. The molecule has 50 valence electrons. The van der Waals surface area contributed by atoms with Crippen LogP contribution in [0.5, 0.6) is 0 Å². The molecule has 1 nitrogen and oxygen atoms in total. The highest BCUT2D eigenvalue weighted by molar-refractivity contribution is 5.55. The van der Waals surface area contributed by atoms with Gasteiger partial charge in [-0.15, -0.1) is 0 Å². The summed E-state index contributed by atoms with van der Waals surface area (Å²) >= 11 is 0. The summed E-state index contributed by atoms with van der Waals surface area (Å²) < 4.78 is 0. The first-order valence-corrected chi connectivity index (χ1v) is 3.12. The zero-order valence-electron chi connectivity index (χ0n) is 5.96. The maximum Gasteiger partial charge on any atom is 0.0732 e. The Bertz CT molecular complexity index is 270. The van der Waals surface area contributed by atoms with Gasteiger partial charge in [0.1, 0.15) is 0 Å². The number of rotatable bonds is 1. The smallest absolute Gasteiger partial charge is 0.0732 e. The van der Waals surface area contributed by atoms with E-state index in [4.69, 9.17) is 0 Å². The summed E-state index contributed by atoms with van der Waals surface area (Å²) in [5.41, 5.74) is 2.12. The molecular weight excluding hydrogens is 122 g/mol. The molecule has 1 aromatic carbocycles. The molecule has 1 rings (SSSR count).